The molecule has 0 unspecified atom stereocenters. The summed E-state index contributed by atoms with van der Waals surface area (Å²) in [6, 6.07) is 5.82. The van der Waals surface area contributed by atoms with Crippen molar-refractivity contribution in [2.45, 2.75) is 26.3 Å². The molecule has 1 aromatic rings. The van der Waals surface area contributed by atoms with Crippen LogP contribution in [0.15, 0.2) is 18.2 Å². The number of rotatable bonds is 3. The van der Waals surface area contributed by atoms with E-state index in [1.807, 2.05) is 25.1 Å². The van der Waals surface area contributed by atoms with Crippen molar-refractivity contribution in [1.29, 1.82) is 0 Å². The van der Waals surface area contributed by atoms with Gasteiger partial charge in [-0.05, 0) is 43.6 Å². The second-order valence-electron chi connectivity index (χ2n) is 5.97. The zero-order valence-corrected chi connectivity index (χ0v) is 12.4. The maximum atomic E-state index is 12.4. The summed E-state index contributed by atoms with van der Waals surface area (Å²) in [4.78, 5) is 12.4. The molecule has 1 saturated heterocycles. The fourth-order valence-electron chi connectivity index (χ4n) is 2.80. The van der Waals surface area contributed by atoms with Crippen molar-refractivity contribution in [3.8, 4) is 11.5 Å². The first kappa shape index (κ1) is 14.2. The molecule has 0 radical (unpaired) electrons. The van der Waals surface area contributed by atoms with Crippen LogP contribution in [0.5, 0.6) is 11.5 Å². The molecule has 0 atom stereocenters. The molecule has 2 aliphatic rings. The molecule has 0 aliphatic carbocycles. The van der Waals surface area contributed by atoms with E-state index in [4.69, 9.17) is 9.47 Å². The number of piperidine rings is 1. The van der Waals surface area contributed by atoms with E-state index in [0.29, 0.717) is 19.8 Å². The molecule has 2 aliphatic heterocycles. The Hall–Kier alpha value is -1.75. The van der Waals surface area contributed by atoms with Gasteiger partial charge in [-0.1, -0.05) is 13.0 Å². The van der Waals surface area contributed by atoms with Crippen LogP contribution in [0.1, 0.15) is 25.3 Å². The van der Waals surface area contributed by atoms with E-state index in [1.54, 1.807) is 0 Å². The van der Waals surface area contributed by atoms with Gasteiger partial charge in [-0.2, -0.15) is 0 Å². The molecule has 0 bridgehead atoms. The molecule has 1 amide bonds. The minimum Gasteiger partial charge on any atom is -0.486 e. The van der Waals surface area contributed by atoms with Gasteiger partial charge in [-0.25, -0.2) is 0 Å². The number of fused-ring (bicyclic) bond motifs is 1. The predicted octanol–water partition coefficient (Wildman–Crippen LogP) is 1.46. The summed E-state index contributed by atoms with van der Waals surface area (Å²) in [7, 11) is 0. The quantitative estimate of drug-likeness (QED) is 0.885. The summed E-state index contributed by atoms with van der Waals surface area (Å²) in [5.74, 6) is 1.68. The summed E-state index contributed by atoms with van der Waals surface area (Å²) in [5.41, 5.74) is 0.782. The van der Waals surface area contributed by atoms with Crippen molar-refractivity contribution >= 4 is 5.91 Å². The summed E-state index contributed by atoms with van der Waals surface area (Å²) in [5, 5.41) is 6.35. The van der Waals surface area contributed by atoms with Gasteiger partial charge in [0.15, 0.2) is 11.5 Å². The van der Waals surface area contributed by atoms with Gasteiger partial charge in [0.25, 0.3) is 0 Å². The fraction of sp³-hybridized carbons (Fsp3) is 0.562. The highest BCUT2D eigenvalue weighted by Gasteiger charge is 2.34. The Labute approximate surface area is 125 Å². The van der Waals surface area contributed by atoms with Crippen LogP contribution >= 0.6 is 0 Å². The molecule has 5 heteroatoms. The average Bonchev–Trinajstić information content (AvgIpc) is 2.53. The Bertz CT molecular complexity index is 524. The van der Waals surface area contributed by atoms with Crippen LogP contribution in [0.4, 0.5) is 0 Å². The molecular weight excluding hydrogens is 268 g/mol. The van der Waals surface area contributed by atoms with Gasteiger partial charge in [0.2, 0.25) is 5.91 Å². The summed E-state index contributed by atoms with van der Waals surface area (Å²) in [6.07, 6.45) is 1.78. The molecule has 3 rings (SSSR count). The number of benzene rings is 1. The zero-order valence-electron chi connectivity index (χ0n) is 12.4. The Morgan fingerprint density at radius 3 is 2.71 bits per heavy atom. The summed E-state index contributed by atoms with van der Waals surface area (Å²) in [6.45, 7) is 5.57. The van der Waals surface area contributed by atoms with Gasteiger partial charge >= 0.3 is 0 Å². The molecule has 1 aromatic carbocycles. The normalized spacial score (nSPS) is 19.9. The summed E-state index contributed by atoms with van der Waals surface area (Å²) >= 11 is 0. The second-order valence-corrected chi connectivity index (χ2v) is 5.97. The van der Waals surface area contributed by atoms with Crippen molar-refractivity contribution in [2.75, 3.05) is 26.3 Å². The third-order valence-corrected chi connectivity index (χ3v) is 4.31. The van der Waals surface area contributed by atoms with Crippen molar-refractivity contribution < 1.29 is 14.3 Å². The van der Waals surface area contributed by atoms with Gasteiger partial charge in [-0.3, -0.25) is 4.79 Å². The van der Waals surface area contributed by atoms with E-state index < -0.39 is 0 Å². The van der Waals surface area contributed by atoms with Gasteiger partial charge in [0, 0.05) is 12.0 Å². The van der Waals surface area contributed by atoms with Crippen molar-refractivity contribution in [3.05, 3.63) is 23.8 Å². The Morgan fingerprint density at radius 1 is 1.24 bits per heavy atom. The van der Waals surface area contributed by atoms with Crippen molar-refractivity contribution in [2.24, 2.45) is 5.41 Å². The lowest BCUT2D eigenvalue weighted by atomic mass is 9.80. The maximum Gasteiger partial charge on any atom is 0.226 e. The largest absolute Gasteiger partial charge is 0.486 e. The standard InChI is InChI=1S/C16H22N2O3/c1-16(4-6-17-7-5-16)15(19)18-11-12-2-3-13-14(10-12)21-9-8-20-13/h2-3,10,17H,4-9,11H2,1H3,(H,18,19). The van der Waals surface area contributed by atoms with E-state index in [9.17, 15) is 4.79 Å². The van der Waals surface area contributed by atoms with E-state index >= 15 is 0 Å². The van der Waals surface area contributed by atoms with Crippen LogP contribution < -0.4 is 20.1 Å². The highest BCUT2D eigenvalue weighted by molar-refractivity contribution is 5.82. The lowest BCUT2D eigenvalue weighted by Crippen LogP contribution is -2.45. The van der Waals surface area contributed by atoms with Crippen molar-refractivity contribution in [1.82, 2.24) is 10.6 Å². The topological polar surface area (TPSA) is 59.6 Å². The number of hydrogen-bond acceptors (Lipinski definition) is 4. The number of carbonyl (C=O) groups excluding carboxylic acids is 1. The number of ether oxygens (including phenoxy) is 2. The molecule has 114 valence electrons. The van der Waals surface area contributed by atoms with E-state index in [-0.39, 0.29) is 11.3 Å². The lowest BCUT2D eigenvalue weighted by molar-refractivity contribution is -0.131. The minimum absolute atomic E-state index is 0.138. The van der Waals surface area contributed by atoms with Gasteiger partial charge in [0.1, 0.15) is 13.2 Å². The van der Waals surface area contributed by atoms with Gasteiger partial charge in [-0.15, -0.1) is 0 Å². The molecule has 5 nitrogen and oxygen atoms in total. The highest BCUT2D eigenvalue weighted by atomic mass is 16.6. The average molecular weight is 290 g/mol. The van der Waals surface area contributed by atoms with Crippen LogP contribution in [0.25, 0.3) is 0 Å². The lowest BCUT2D eigenvalue weighted by Gasteiger charge is -2.32. The second kappa shape index (κ2) is 5.93. The zero-order chi connectivity index (χ0) is 14.7. The Kier molecular flexibility index (Phi) is 4.01. The first-order chi connectivity index (χ1) is 10.2. The van der Waals surface area contributed by atoms with E-state index in [1.165, 1.54) is 0 Å². The first-order valence-corrected chi connectivity index (χ1v) is 7.55. The van der Waals surface area contributed by atoms with Crippen LogP contribution in [0, 0.1) is 5.41 Å². The number of carbonyl (C=O) groups is 1. The van der Waals surface area contributed by atoms with Crippen LogP contribution in [0.3, 0.4) is 0 Å². The van der Waals surface area contributed by atoms with Gasteiger partial charge in [0.05, 0.1) is 0 Å². The Morgan fingerprint density at radius 2 is 1.95 bits per heavy atom. The van der Waals surface area contributed by atoms with E-state index in [0.717, 1.165) is 43.0 Å². The third-order valence-electron chi connectivity index (χ3n) is 4.31. The van der Waals surface area contributed by atoms with Crippen molar-refractivity contribution in [3.63, 3.8) is 0 Å². The van der Waals surface area contributed by atoms with Crippen LogP contribution in [0.2, 0.25) is 0 Å². The predicted molar refractivity (Wildman–Crippen MR) is 79.5 cm³/mol. The molecule has 0 saturated carbocycles. The smallest absolute Gasteiger partial charge is 0.226 e. The molecule has 2 heterocycles. The van der Waals surface area contributed by atoms with Gasteiger partial charge < -0.3 is 20.1 Å². The number of nitrogens with one attached hydrogen (secondary N) is 2. The minimum atomic E-state index is -0.251. The maximum absolute atomic E-state index is 12.4. The molecule has 1 fully saturated rings. The fourth-order valence-corrected chi connectivity index (χ4v) is 2.80. The van der Waals surface area contributed by atoms with E-state index in [2.05, 4.69) is 10.6 Å². The highest BCUT2D eigenvalue weighted by Crippen LogP contribution is 2.31. The molecular formula is C16H22N2O3. The van der Waals surface area contributed by atoms with Crippen LogP contribution in [-0.4, -0.2) is 32.2 Å². The Balaban J connectivity index is 1.60. The summed E-state index contributed by atoms with van der Waals surface area (Å²) < 4.78 is 11.1. The molecule has 21 heavy (non-hydrogen) atoms. The van der Waals surface area contributed by atoms with Crippen LogP contribution in [-0.2, 0) is 11.3 Å². The molecule has 2 N–H and O–H groups in total. The SMILES string of the molecule is CC1(C(=O)NCc2ccc3c(c2)OCCO3)CCNCC1. The first-order valence-electron chi connectivity index (χ1n) is 7.55. The number of amides is 1. The monoisotopic (exact) mass is 290 g/mol. The number of hydrogen-bond donors (Lipinski definition) is 2. The third kappa shape index (κ3) is 3.13. The molecule has 0 aromatic heterocycles. The molecule has 0 spiro atoms.